The fourth-order valence-corrected chi connectivity index (χ4v) is 3.16. The van der Waals surface area contributed by atoms with E-state index in [2.05, 4.69) is 60.6 Å². The number of rotatable bonds is 4. The Morgan fingerprint density at radius 3 is 2.84 bits per heavy atom. The SMILES string of the molecule is Cc1nn2c(NCc3cccc(-c4nccn4C)c3)ccnc2c1Br. The molecule has 4 rings (SSSR count). The first-order chi connectivity index (χ1) is 12.1. The van der Waals surface area contributed by atoms with E-state index in [-0.39, 0.29) is 0 Å². The van der Waals surface area contributed by atoms with Crippen molar-refractivity contribution < 1.29 is 0 Å². The Balaban J connectivity index is 1.60. The second kappa shape index (κ2) is 6.33. The number of benzene rings is 1. The Labute approximate surface area is 153 Å². The standard InChI is InChI=1S/C18H17BrN6/c1-12-16(19)18-20-7-6-15(25(18)23-12)22-11-13-4-3-5-14(10-13)17-21-8-9-24(17)2/h3-10,22H,11H2,1-2H3. The van der Waals surface area contributed by atoms with Gasteiger partial charge < -0.3 is 9.88 Å². The van der Waals surface area contributed by atoms with Gasteiger partial charge in [-0.1, -0.05) is 18.2 Å². The van der Waals surface area contributed by atoms with E-state index in [1.807, 2.05) is 41.5 Å². The molecule has 3 aromatic heterocycles. The molecule has 25 heavy (non-hydrogen) atoms. The van der Waals surface area contributed by atoms with Crippen LogP contribution in [-0.4, -0.2) is 24.1 Å². The second-order valence-electron chi connectivity index (χ2n) is 5.88. The molecule has 0 spiro atoms. The van der Waals surface area contributed by atoms with Crippen molar-refractivity contribution in [3.05, 3.63) is 64.7 Å². The zero-order chi connectivity index (χ0) is 17.4. The van der Waals surface area contributed by atoms with Crippen LogP contribution in [0.3, 0.4) is 0 Å². The highest BCUT2D eigenvalue weighted by atomic mass is 79.9. The topological polar surface area (TPSA) is 60.0 Å². The van der Waals surface area contributed by atoms with Crippen LogP contribution in [0.1, 0.15) is 11.3 Å². The highest BCUT2D eigenvalue weighted by molar-refractivity contribution is 9.10. The molecule has 0 saturated heterocycles. The fraction of sp³-hybridized carbons (Fsp3) is 0.167. The molecular formula is C18H17BrN6. The van der Waals surface area contributed by atoms with Crippen LogP contribution in [0.5, 0.6) is 0 Å². The Morgan fingerprint density at radius 1 is 1.16 bits per heavy atom. The average molecular weight is 397 g/mol. The molecule has 3 heterocycles. The molecule has 0 fully saturated rings. The summed E-state index contributed by atoms with van der Waals surface area (Å²) in [5.41, 5.74) is 4.00. The average Bonchev–Trinajstić information content (AvgIpc) is 3.18. The van der Waals surface area contributed by atoms with Gasteiger partial charge in [0.1, 0.15) is 11.6 Å². The van der Waals surface area contributed by atoms with Crippen molar-refractivity contribution in [1.82, 2.24) is 24.1 Å². The maximum atomic E-state index is 4.53. The van der Waals surface area contributed by atoms with E-state index in [9.17, 15) is 0 Å². The second-order valence-corrected chi connectivity index (χ2v) is 6.67. The third kappa shape index (κ3) is 2.91. The van der Waals surface area contributed by atoms with E-state index >= 15 is 0 Å². The van der Waals surface area contributed by atoms with Crippen LogP contribution < -0.4 is 5.32 Å². The highest BCUT2D eigenvalue weighted by Gasteiger charge is 2.10. The minimum atomic E-state index is 0.688. The van der Waals surface area contributed by atoms with E-state index in [1.165, 1.54) is 5.56 Å². The van der Waals surface area contributed by atoms with Crippen LogP contribution in [0.15, 0.2) is 53.4 Å². The first-order valence-corrected chi connectivity index (χ1v) is 8.73. The van der Waals surface area contributed by atoms with Gasteiger partial charge in [-0.15, -0.1) is 0 Å². The number of imidazole rings is 1. The minimum Gasteiger partial charge on any atom is -0.366 e. The zero-order valence-corrected chi connectivity index (χ0v) is 15.5. The lowest BCUT2D eigenvalue weighted by Crippen LogP contribution is -2.06. The molecule has 6 nitrogen and oxygen atoms in total. The lowest BCUT2D eigenvalue weighted by molar-refractivity contribution is 0.906. The van der Waals surface area contributed by atoms with Gasteiger partial charge in [0.2, 0.25) is 0 Å². The summed E-state index contributed by atoms with van der Waals surface area (Å²) < 4.78 is 4.76. The van der Waals surface area contributed by atoms with Crippen molar-refractivity contribution in [3.8, 4) is 11.4 Å². The third-order valence-corrected chi connectivity index (χ3v) is 5.03. The van der Waals surface area contributed by atoms with Crippen molar-refractivity contribution in [2.45, 2.75) is 13.5 Å². The van der Waals surface area contributed by atoms with Crippen molar-refractivity contribution in [3.63, 3.8) is 0 Å². The number of anilines is 1. The van der Waals surface area contributed by atoms with E-state index in [1.54, 1.807) is 6.20 Å². The van der Waals surface area contributed by atoms with Crippen LogP contribution in [0.2, 0.25) is 0 Å². The normalized spacial score (nSPS) is 11.2. The Kier molecular flexibility index (Phi) is 4.01. The summed E-state index contributed by atoms with van der Waals surface area (Å²) in [5, 5.41) is 7.97. The largest absolute Gasteiger partial charge is 0.366 e. The molecule has 7 heteroatoms. The number of nitrogens with one attached hydrogen (secondary N) is 1. The predicted octanol–water partition coefficient (Wildman–Crippen LogP) is 3.81. The quantitative estimate of drug-likeness (QED) is 0.569. The van der Waals surface area contributed by atoms with Crippen LogP contribution in [0.25, 0.3) is 17.0 Å². The lowest BCUT2D eigenvalue weighted by Gasteiger charge is -2.09. The number of halogens is 1. The van der Waals surface area contributed by atoms with Gasteiger partial charge in [-0.3, -0.25) is 0 Å². The molecular weight excluding hydrogens is 380 g/mol. The minimum absolute atomic E-state index is 0.688. The molecule has 0 radical (unpaired) electrons. The van der Waals surface area contributed by atoms with Crippen LogP contribution in [-0.2, 0) is 13.6 Å². The molecule has 0 bridgehead atoms. The first kappa shape index (κ1) is 15.8. The maximum absolute atomic E-state index is 4.53. The van der Waals surface area contributed by atoms with Crippen molar-refractivity contribution in [2.75, 3.05) is 5.32 Å². The van der Waals surface area contributed by atoms with Gasteiger partial charge in [0, 0.05) is 37.7 Å². The summed E-state index contributed by atoms with van der Waals surface area (Å²) >= 11 is 3.54. The van der Waals surface area contributed by atoms with Gasteiger partial charge in [-0.05, 0) is 40.5 Å². The van der Waals surface area contributed by atoms with Gasteiger partial charge in [0.25, 0.3) is 0 Å². The number of nitrogens with zero attached hydrogens (tertiary/aromatic N) is 5. The lowest BCUT2D eigenvalue weighted by atomic mass is 10.1. The number of aryl methyl sites for hydroxylation is 2. The van der Waals surface area contributed by atoms with Gasteiger partial charge in [-0.25, -0.2) is 9.97 Å². The zero-order valence-electron chi connectivity index (χ0n) is 13.9. The van der Waals surface area contributed by atoms with Gasteiger partial charge in [0.15, 0.2) is 5.65 Å². The summed E-state index contributed by atoms with van der Waals surface area (Å²) in [7, 11) is 2.00. The van der Waals surface area contributed by atoms with Crippen molar-refractivity contribution in [2.24, 2.45) is 7.05 Å². The van der Waals surface area contributed by atoms with Gasteiger partial charge in [0.05, 0.1) is 10.2 Å². The third-order valence-electron chi connectivity index (χ3n) is 4.10. The van der Waals surface area contributed by atoms with E-state index < -0.39 is 0 Å². The molecule has 0 unspecified atom stereocenters. The van der Waals surface area contributed by atoms with E-state index in [4.69, 9.17) is 0 Å². The Morgan fingerprint density at radius 2 is 2.04 bits per heavy atom. The molecule has 0 aliphatic carbocycles. The summed E-state index contributed by atoms with van der Waals surface area (Å²) in [6, 6.07) is 10.3. The molecule has 126 valence electrons. The highest BCUT2D eigenvalue weighted by Crippen LogP contribution is 2.23. The Bertz CT molecular complexity index is 1050. The van der Waals surface area contributed by atoms with Gasteiger partial charge >= 0.3 is 0 Å². The molecule has 0 amide bonds. The summed E-state index contributed by atoms with van der Waals surface area (Å²) in [6.07, 6.45) is 5.55. The fourth-order valence-electron chi connectivity index (χ4n) is 2.82. The van der Waals surface area contributed by atoms with Crippen molar-refractivity contribution >= 4 is 27.4 Å². The smallest absolute Gasteiger partial charge is 0.171 e. The number of hydrogen-bond donors (Lipinski definition) is 1. The van der Waals surface area contributed by atoms with Gasteiger partial charge in [-0.2, -0.15) is 9.61 Å². The van der Waals surface area contributed by atoms with Crippen LogP contribution >= 0.6 is 15.9 Å². The number of aromatic nitrogens is 5. The monoisotopic (exact) mass is 396 g/mol. The molecule has 0 atom stereocenters. The van der Waals surface area contributed by atoms with Crippen molar-refractivity contribution in [1.29, 1.82) is 0 Å². The molecule has 1 N–H and O–H groups in total. The summed E-state index contributed by atoms with van der Waals surface area (Å²) in [6.45, 7) is 2.65. The number of hydrogen-bond acceptors (Lipinski definition) is 4. The molecule has 1 aromatic carbocycles. The van der Waals surface area contributed by atoms with E-state index in [0.29, 0.717) is 6.54 Å². The molecule has 4 aromatic rings. The predicted molar refractivity (Wildman–Crippen MR) is 101 cm³/mol. The molecule has 0 saturated carbocycles. The van der Waals surface area contributed by atoms with Crippen LogP contribution in [0, 0.1) is 6.92 Å². The van der Waals surface area contributed by atoms with Crippen LogP contribution in [0.4, 0.5) is 5.82 Å². The molecule has 0 aliphatic heterocycles. The number of fused-ring (bicyclic) bond motifs is 1. The van der Waals surface area contributed by atoms with E-state index in [0.717, 1.165) is 33.0 Å². The summed E-state index contributed by atoms with van der Waals surface area (Å²) in [4.78, 5) is 8.79. The summed E-state index contributed by atoms with van der Waals surface area (Å²) in [5.74, 6) is 1.86. The Hall–Kier alpha value is -2.67. The first-order valence-electron chi connectivity index (χ1n) is 7.94. The molecule has 0 aliphatic rings. The maximum Gasteiger partial charge on any atom is 0.171 e.